The zero-order valence-electron chi connectivity index (χ0n) is 20.8. The van der Waals surface area contributed by atoms with Crippen LogP contribution in [0.5, 0.6) is 0 Å². The van der Waals surface area contributed by atoms with E-state index in [4.69, 9.17) is 4.99 Å². The molecule has 2 aromatic rings. The molecule has 3 amide bonds. The van der Waals surface area contributed by atoms with Gasteiger partial charge in [-0.3, -0.25) is 19.3 Å². The van der Waals surface area contributed by atoms with Crippen molar-refractivity contribution in [2.24, 2.45) is 9.98 Å². The molecule has 36 heavy (non-hydrogen) atoms. The van der Waals surface area contributed by atoms with Crippen LogP contribution in [0.15, 0.2) is 58.5 Å². The van der Waals surface area contributed by atoms with Crippen molar-refractivity contribution in [2.75, 3.05) is 11.9 Å². The van der Waals surface area contributed by atoms with Gasteiger partial charge in [0.15, 0.2) is 5.17 Å². The van der Waals surface area contributed by atoms with Crippen molar-refractivity contribution < 1.29 is 14.4 Å². The Morgan fingerprint density at radius 1 is 1.11 bits per heavy atom. The Kier molecular flexibility index (Phi) is 8.20. The number of aliphatic imine (C=N–C) groups is 2. The van der Waals surface area contributed by atoms with Gasteiger partial charge in [-0.25, -0.2) is 4.99 Å². The van der Waals surface area contributed by atoms with E-state index < -0.39 is 11.3 Å². The topological polar surface area (TPSA) is 103 Å². The number of benzene rings is 2. The first-order valence-electron chi connectivity index (χ1n) is 12.3. The van der Waals surface area contributed by atoms with Crippen molar-refractivity contribution in [1.82, 2.24) is 10.2 Å². The number of aryl methyl sites for hydroxylation is 1. The molecule has 0 saturated carbocycles. The Morgan fingerprint density at radius 2 is 1.92 bits per heavy atom. The number of rotatable bonds is 9. The number of carbonyl (C=O) groups is 3. The zero-order chi connectivity index (χ0) is 25.7. The van der Waals surface area contributed by atoms with Crippen molar-refractivity contribution >= 4 is 51.9 Å². The first-order valence-corrected chi connectivity index (χ1v) is 13.2. The molecular formula is C27H31N5O3S. The number of carbonyl (C=O) groups excluding carboxylic acids is 3. The number of hydrogen-bond donors (Lipinski definition) is 2. The zero-order valence-corrected chi connectivity index (χ0v) is 21.6. The first-order chi connectivity index (χ1) is 17.4. The highest BCUT2D eigenvalue weighted by molar-refractivity contribution is 8.15. The number of thioether (sulfide) groups is 1. The molecule has 2 heterocycles. The Bertz CT molecular complexity index is 1230. The number of amides is 3. The molecule has 2 aromatic carbocycles. The predicted molar refractivity (Wildman–Crippen MR) is 145 cm³/mol. The van der Waals surface area contributed by atoms with Crippen LogP contribution in [0.2, 0.25) is 0 Å². The van der Waals surface area contributed by atoms with Gasteiger partial charge in [-0.05, 0) is 49.6 Å². The van der Waals surface area contributed by atoms with E-state index in [2.05, 4.69) is 22.5 Å². The molecule has 8 nitrogen and oxygen atoms in total. The van der Waals surface area contributed by atoms with Crippen molar-refractivity contribution in [1.29, 1.82) is 0 Å². The molecule has 0 spiro atoms. The van der Waals surface area contributed by atoms with Crippen LogP contribution in [0.25, 0.3) is 0 Å². The number of nitrogens with one attached hydrogen (secondary N) is 2. The fraction of sp³-hybridized carbons (Fsp3) is 0.370. The fourth-order valence-electron chi connectivity index (χ4n) is 4.13. The molecule has 4 rings (SSSR count). The van der Waals surface area contributed by atoms with Crippen molar-refractivity contribution in [3.05, 3.63) is 59.7 Å². The quantitative estimate of drug-likeness (QED) is 0.492. The summed E-state index contributed by atoms with van der Waals surface area (Å²) in [5.41, 5.74) is 3.21. The summed E-state index contributed by atoms with van der Waals surface area (Å²) in [5.74, 6) is -0.246. The molecule has 9 heteroatoms. The lowest BCUT2D eigenvalue weighted by atomic mass is 10.1. The second-order valence-corrected chi connectivity index (χ2v) is 10.0. The lowest BCUT2D eigenvalue weighted by Gasteiger charge is -2.32. The summed E-state index contributed by atoms with van der Waals surface area (Å²) in [6, 6.07) is 14.3. The molecule has 2 atom stereocenters. The fourth-order valence-corrected chi connectivity index (χ4v) is 5.20. The minimum atomic E-state index is -0.793. The van der Waals surface area contributed by atoms with Gasteiger partial charge in [-0.1, -0.05) is 56.3 Å². The largest absolute Gasteiger partial charge is 0.356 e. The molecule has 0 aliphatic carbocycles. The molecule has 2 unspecified atom stereocenters. The van der Waals surface area contributed by atoms with E-state index in [-0.39, 0.29) is 24.1 Å². The van der Waals surface area contributed by atoms with Gasteiger partial charge >= 0.3 is 0 Å². The Hall–Kier alpha value is -3.46. The van der Waals surface area contributed by atoms with Gasteiger partial charge in [0.05, 0.1) is 17.4 Å². The van der Waals surface area contributed by atoms with Crippen LogP contribution in [0, 0.1) is 6.92 Å². The van der Waals surface area contributed by atoms with Crippen LogP contribution in [0.1, 0.15) is 50.7 Å². The highest BCUT2D eigenvalue weighted by atomic mass is 32.2. The second kappa shape index (κ2) is 11.5. The van der Waals surface area contributed by atoms with Gasteiger partial charge in [0.25, 0.3) is 5.91 Å². The van der Waals surface area contributed by atoms with Gasteiger partial charge in [-0.2, -0.15) is 4.99 Å². The van der Waals surface area contributed by atoms with Crippen molar-refractivity contribution in [3.8, 4) is 0 Å². The third-order valence-corrected chi connectivity index (χ3v) is 7.37. The molecule has 2 aliphatic rings. The Labute approximate surface area is 215 Å². The Balaban J connectivity index is 1.59. The van der Waals surface area contributed by atoms with Gasteiger partial charge in [-0.15, -0.1) is 0 Å². The normalized spacial score (nSPS) is 17.0. The van der Waals surface area contributed by atoms with Crippen LogP contribution in [-0.4, -0.2) is 51.5 Å². The predicted octanol–water partition coefficient (Wildman–Crippen LogP) is 4.41. The smallest absolute Gasteiger partial charge is 0.271 e. The van der Waals surface area contributed by atoms with Crippen molar-refractivity contribution in [2.45, 2.75) is 57.7 Å². The highest BCUT2D eigenvalue weighted by Crippen LogP contribution is 2.36. The number of hydrogen-bond acceptors (Lipinski definition) is 6. The average Bonchev–Trinajstić information content (AvgIpc) is 3.18. The second-order valence-electron chi connectivity index (χ2n) is 8.85. The summed E-state index contributed by atoms with van der Waals surface area (Å²) in [4.78, 5) is 49.6. The van der Waals surface area contributed by atoms with Gasteiger partial charge in [0.1, 0.15) is 11.9 Å². The summed E-state index contributed by atoms with van der Waals surface area (Å²) in [6.07, 6.45) is 2.37. The lowest BCUT2D eigenvalue weighted by molar-refractivity contribution is -0.126. The van der Waals surface area contributed by atoms with E-state index in [1.165, 1.54) is 11.8 Å². The number of amidine groups is 2. The summed E-state index contributed by atoms with van der Waals surface area (Å²) in [7, 11) is 0. The third kappa shape index (κ3) is 5.67. The van der Waals surface area contributed by atoms with Crippen LogP contribution < -0.4 is 10.6 Å². The standard InChI is InChI=1S/C27H31N5O3S/c1-4-6-14-28-23(33)16-21-25(34)31-24-19-12-7-8-13-20(19)30-27(32(21)24)36-22(5-2)26(35)29-18-11-9-10-17(3)15-18/h7-13,15,21-22H,4-6,14,16H2,1-3H3,(H,28,33)(H,29,35). The number of unbranched alkanes of at least 4 members (excludes halogenated alkanes) is 1. The van der Waals surface area contributed by atoms with E-state index in [1.807, 2.05) is 62.4 Å². The minimum absolute atomic E-state index is 0.0242. The van der Waals surface area contributed by atoms with Gasteiger partial charge < -0.3 is 10.6 Å². The molecule has 0 radical (unpaired) electrons. The average molecular weight is 506 g/mol. The van der Waals surface area contributed by atoms with Crippen LogP contribution in [-0.2, 0) is 14.4 Å². The number of para-hydroxylation sites is 1. The number of fused-ring (bicyclic) bond motifs is 3. The van der Waals surface area contributed by atoms with E-state index in [9.17, 15) is 14.4 Å². The molecule has 188 valence electrons. The monoisotopic (exact) mass is 505 g/mol. The van der Waals surface area contributed by atoms with E-state index in [0.29, 0.717) is 29.7 Å². The van der Waals surface area contributed by atoms with Crippen LogP contribution >= 0.6 is 11.8 Å². The summed E-state index contributed by atoms with van der Waals surface area (Å²) >= 11 is 1.29. The Morgan fingerprint density at radius 3 is 2.67 bits per heavy atom. The maximum absolute atomic E-state index is 13.2. The summed E-state index contributed by atoms with van der Waals surface area (Å²) < 4.78 is 0. The molecule has 2 aliphatic heterocycles. The maximum Gasteiger partial charge on any atom is 0.271 e. The third-order valence-electron chi connectivity index (χ3n) is 6.04. The maximum atomic E-state index is 13.2. The number of anilines is 1. The highest BCUT2D eigenvalue weighted by Gasteiger charge is 2.43. The van der Waals surface area contributed by atoms with Crippen LogP contribution in [0.3, 0.4) is 0 Å². The van der Waals surface area contributed by atoms with E-state index in [0.717, 1.165) is 29.7 Å². The molecule has 0 saturated heterocycles. The lowest BCUT2D eigenvalue weighted by Crippen LogP contribution is -2.46. The molecule has 0 bridgehead atoms. The van der Waals surface area contributed by atoms with E-state index in [1.54, 1.807) is 4.90 Å². The van der Waals surface area contributed by atoms with Crippen molar-refractivity contribution in [3.63, 3.8) is 0 Å². The molecule has 2 N–H and O–H groups in total. The molecule has 0 aromatic heterocycles. The van der Waals surface area contributed by atoms with Crippen LogP contribution in [0.4, 0.5) is 11.4 Å². The molecule has 0 fully saturated rings. The van der Waals surface area contributed by atoms with Gasteiger partial charge in [0.2, 0.25) is 11.8 Å². The SMILES string of the molecule is CCCCNC(=O)CC1C(=O)N=C2c3ccccc3N=C(SC(CC)C(=O)Nc3cccc(C)c3)N21. The van der Waals surface area contributed by atoms with E-state index >= 15 is 0 Å². The van der Waals surface area contributed by atoms with Gasteiger partial charge in [0, 0.05) is 17.8 Å². The molecular weight excluding hydrogens is 474 g/mol. The summed E-state index contributed by atoms with van der Waals surface area (Å²) in [5, 5.41) is 5.91. The number of nitrogens with zero attached hydrogens (tertiary/aromatic N) is 3. The summed E-state index contributed by atoms with van der Waals surface area (Å²) in [6.45, 7) is 6.53. The minimum Gasteiger partial charge on any atom is -0.356 e. The first kappa shape index (κ1) is 25.6.